The number of rotatable bonds is 3. The molecule has 17 heavy (non-hydrogen) atoms. The number of hydrogen-bond acceptors (Lipinski definition) is 3. The second-order valence-corrected chi connectivity index (χ2v) is 4.83. The Morgan fingerprint density at radius 2 is 1.82 bits per heavy atom. The van der Waals surface area contributed by atoms with Crippen molar-refractivity contribution < 1.29 is 9.53 Å². The zero-order valence-electron chi connectivity index (χ0n) is 10.5. The number of benzene rings is 1. The first-order valence-corrected chi connectivity index (χ1v) is 5.41. The van der Waals surface area contributed by atoms with Gasteiger partial charge in [0.1, 0.15) is 11.6 Å². The lowest BCUT2D eigenvalue weighted by atomic mass is 10.1. The van der Waals surface area contributed by atoms with Gasteiger partial charge in [-0.3, -0.25) is 4.79 Å². The molecule has 2 N–H and O–H groups in total. The van der Waals surface area contributed by atoms with Crippen LogP contribution in [0.3, 0.4) is 0 Å². The highest BCUT2D eigenvalue weighted by atomic mass is 35.5. The molecule has 0 amide bonds. The molecule has 0 heterocycles. The largest absolute Gasteiger partial charge is 0.459 e. The standard InChI is InChI=1S/C13H19NO2.ClH/c1-13(2,3)16-12(15)11(14)9-10-7-5-4-6-8-10;/h4-8,11H,9,14H2,1-3H3;1H/t11-;/m0./s1. The van der Waals surface area contributed by atoms with Gasteiger partial charge in [-0.1, -0.05) is 30.3 Å². The average molecular weight is 258 g/mol. The van der Waals surface area contributed by atoms with Crippen LogP contribution in [0.1, 0.15) is 26.3 Å². The summed E-state index contributed by atoms with van der Waals surface area (Å²) in [6.07, 6.45) is 0.510. The zero-order chi connectivity index (χ0) is 12.2. The molecule has 1 atom stereocenters. The molecule has 96 valence electrons. The molecule has 0 radical (unpaired) electrons. The molecule has 1 aromatic carbocycles. The van der Waals surface area contributed by atoms with Crippen LogP contribution >= 0.6 is 12.4 Å². The Kier molecular flexibility index (Phi) is 6.21. The number of nitrogens with two attached hydrogens (primary N) is 1. The van der Waals surface area contributed by atoms with Crippen molar-refractivity contribution in [2.45, 2.75) is 38.8 Å². The van der Waals surface area contributed by atoms with Crippen molar-refractivity contribution in [3.8, 4) is 0 Å². The third-order valence-electron chi connectivity index (χ3n) is 2.01. The van der Waals surface area contributed by atoms with E-state index in [2.05, 4.69) is 0 Å². The summed E-state index contributed by atoms with van der Waals surface area (Å²) in [5, 5.41) is 0. The van der Waals surface area contributed by atoms with E-state index in [1.165, 1.54) is 0 Å². The molecular weight excluding hydrogens is 238 g/mol. The summed E-state index contributed by atoms with van der Waals surface area (Å²) >= 11 is 0. The lowest BCUT2D eigenvalue weighted by Crippen LogP contribution is -2.38. The Labute approximate surface area is 109 Å². The summed E-state index contributed by atoms with van der Waals surface area (Å²) in [6.45, 7) is 5.50. The molecule has 0 bridgehead atoms. The molecule has 0 unspecified atom stereocenters. The molecule has 0 fully saturated rings. The van der Waals surface area contributed by atoms with Crippen LogP contribution in [-0.2, 0) is 16.0 Å². The number of carbonyl (C=O) groups is 1. The minimum absolute atomic E-state index is 0. The smallest absolute Gasteiger partial charge is 0.323 e. The molecule has 1 rings (SSSR count). The maximum absolute atomic E-state index is 11.6. The zero-order valence-corrected chi connectivity index (χ0v) is 11.3. The maximum atomic E-state index is 11.6. The lowest BCUT2D eigenvalue weighted by molar-refractivity contribution is -0.156. The Balaban J connectivity index is 0.00000256. The predicted octanol–water partition coefficient (Wildman–Crippen LogP) is 2.32. The van der Waals surface area contributed by atoms with Crippen molar-refractivity contribution in [2.24, 2.45) is 5.73 Å². The second kappa shape index (κ2) is 6.62. The normalized spacial score (nSPS) is 12.5. The molecule has 1 aromatic rings. The fourth-order valence-electron chi connectivity index (χ4n) is 1.33. The molecule has 0 aliphatic heterocycles. The molecule has 0 aliphatic carbocycles. The second-order valence-electron chi connectivity index (χ2n) is 4.83. The molecule has 0 saturated heterocycles. The minimum atomic E-state index is -0.596. The maximum Gasteiger partial charge on any atom is 0.323 e. The number of esters is 1. The predicted molar refractivity (Wildman–Crippen MR) is 71.2 cm³/mol. The van der Waals surface area contributed by atoms with Crippen LogP contribution in [0.5, 0.6) is 0 Å². The van der Waals surface area contributed by atoms with Gasteiger partial charge >= 0.3 is 5.97 Å². The monoisotopic (exact) mass is 257 g/mol. The summed E-state index contributed by atoms with van der Waals surface area (Å²) in [5.41, 5.74) is 6.34. The van der Waals surface area contributed by atoms with Gasteiger partial charge in [-0.05, 0) is 32.8 Å². The van der Waals surface area contributed by atoms with E-state index in [1.807, 2.05) is 51.1 Å². The summed E-state index contributed by atoms with van der Waals surface area (Å²) in [6, 6.07) is 9.09. The molecular formula is C13H20ClNO2. The molecule has 0 spiro atoms. The van der Waals surface area contributed by atoms with Gasteiger partial charge in [-0.15, -0.1) is 12.4 Å². The van der Waals surface area contributed by atoms with Gasteiger partial charge in [0.25, 0.3) is 0 Å². The molecule has 0 aliphatic rings. The van der Waals surface area contributed by atoms with E-state index in [0.717, 1.165) is 5.56 Å². The molecule has 4 heteroatoms. The SMILES string of the molecule is CC(C)(C)OC(=O)[C@@H](N)Cc1ccccc1.Cl. The van der Waals surface area contributed by atoms with Gasteiger partial charge < -0.3 is 10.5 Å². The van der Waals surface area contributed by atoms with Crippen molar-refractivity contribution in [3.05, 3.63) is 35.9 Å². The number of hydrogen-bond donors (Lipinski definition) is 1. The fraction of sp³-hybridized carbons (Fsp3) is 0.462. The van der Waals surface area contributed by atoms with E-state index >= 15 is 0 Å². The van der Waals surface area contributed by atoms with Crippen molar-refractivity contribution >= 4 is 18.4 Å². The Morgan fingerprint density at radius 1 is 1.29 bits per heavy atom. The van der Waals surface area contributed by atoms with Crippen LogP contribution in [0.15, 0.2) is 30.3 Å². The van der Waals surface area contributed by atoms with Gasteiger partial charge in [0.15, 0.2) is 0 Å². The van der Waals surface area contributed by atoms with Gasteiger partial charge in [0.2, 0.25) is 0 Å². The summed E-state index contributed by atoms with van der Waals surface area (Å²) < 4.78 is 5.21. The Morgan fingerprint density at radius 3 is 2.29 bits per heavy atom. The number of carbonyl (C=O) groups excluding carboxylic acids is 1. The average Bonchev–Trinajstić information content (AvgIpc) is 2.16. The summed E-state index contributed by atoms with van der Waals surface area (Å²) in [7, 11) is 0. The van der Waals surface area contributed by atoms with Crippen LogP contribution in [0.2, 0.25) is 0 Å². The Hall–Kier alpha value is -1.06. The van der Waals surface area contributed by atoms with Crippen molar-refractivity contribution in [2.75, 3.05) is 0 Å². The highest BCUT2D eigenvalue weighted by Gasteiger charge is 2.22. The first-order valence-electron chi connectivity index (χ1n) is 5.41. The van der Waals surface area contributed by atoms with E-state index in [-0.39, 0.29) is 18.4 Å². The van der Waals surface area contributed by atoms with Crippen LogP contribution < -0.4 is 5.73 Å². The molecule has 0 saturated carbocycles. The van der Waals surface area contributed by atoms with Crippen LogP contribution in [0, 0.1) is 0 Å². The third-order valence-corrected chi connectivity index (χ3v) is 2.01. The fourth-order valence-corrected chi connectivity index (χ4v) is 1.33. The van der Waals surface area contributed by atoms with Gasteiger partial charge in [-0.2, -0.15) is 0 Å². The molecule has 3 nitrogen and oxygen atoms in total. The van der Waals surface area contributed by atoms with E-state index in [1.54, 1.807) is 0 Å². The third kappa shape index (κ3) is 6.29. The van der Waals surface area contributed by atoms with Crippen LogP contribution in [-0.4, -0.2) is 17.6 Å². The number of ether oxygens (including phenoxy) is 1. The Bertz CT molecular complexity index is 346. The lowest BCUT2D eigenvalue weighted by Gasteiger charge is -2.22. The highest BCUT2D eigenvalue weighted by Crippen LogP contribution is 2.10. The van der Waals surface area contributed by atoms with E-state index in [0.29, 0.717) is 6.42 Å². The van der Waals surface area contributed by atoms with Gasteiger partial charge in [-0.25, -0.2) is 0 Å². The van der Waals surface area contributed by atoms with Crippen molar-refractivity contribution in [1.29, 1.82) is 0 Å². The van der Waals surface area contributed by atoms with Crippen molar-refractivity contribution in [3.63, 3.8) is 0 Å². The van der Waals surface area contributed by atoms with Crippen molar-refractivity contribution in [1.82, 2.24) is 0 Å². The summed E-state index contributed by atoms with van der Waals surface area (Å²) in [5.74, 6) is -0.351. The van der Waals surface area contributed by atoms with E-state index < -0.39 is 11.6 Å². The van der Waals surface area contributed by atoms with Gasteiger partial charge in [0, 0.05) is 0 Å². The minimum Gasteiger partial charge on any atom is -0.459 e. The topological polar surface area (TPSA) is 52.3 Å². The number of halogens is 1. The van der Waals surface area contributed by atoms with E-state index in [4.69, 9.17) is 10.5 Å². The summed E-state index contributed by atoms with van der Waals surface area (Å²) in [4.78, 5) is 11.6. The molecule has 0 aromatic heterocycles. The van der Waals surface area contributed by atoms with Crippen LogP contribution in [0.4, 0.5) is 0 Å². The first kappa shape index (κ1) is 15.9. The highest BCUT2D eigenvalue weighted by molar-refractivity contribution is 5.85. The van der Waals surface area contributed by atoms with E-state index in [9.17, 15) is 4.79 Å². The van der Waals surface area contributed by atoms with Gasteiger partial charge in [0.05, 0.1) is 0 Å². The van der Waals surface area contributed by atoms with Crippen LogP contribution in [0.25, 0.3) is 0 Å². The quantitative estimate of drug-likeness (QED) is 0.846. The first-order chi connectivity index (χ1) is 7.38.